The minimum atomic E-state index is -3.74. The Morgan fingerprint density at radius 3 is 2.46 bits per heavy atom. The highest BCUT2D eigenvalue weighted by molar-refractivity contribution is 7.92. The smallest absolute Gasteiger partial charge is 0.255 e. The van der Waals surface area contributed by atoms with Crippen molar-refractivity contribution in [2.24, 2.45) is 0 Å². The fraction of sp³-hybridized carbons (Fsp3) is 0.171. The molecule has 1 aliphatic rings. The van der Waals surface area contributed by atoms with Gasteiger partial charge in [-0.3, -0.25) is 9.10 Å². The summed E-state index contributed by atoms with van der Waals surface area (Å²) in [6, 6.07) is 24.0. The number of rotatable bonds is 5. The van der Waals surface area contributed by atoms with E-state index < -0.39 is 27.9 Å². The van der Waals surface area contributed by atoms with Crippen LogP contribution in [0, 0.1) is 5.82 Å². The lowest BCUT2D eigenvalue weighted by Crippen LogP contribution is -2.25. The number of amides is 1. The molecule has 0 aliphatic carbocycles. The Bertz CT molecular complexity index is 2280. The molecule has 0 spiro atoms. The zero-order valence-electron chi connectivity index (χ0n) is 25.2. The molecule has 1 aliphatic heterocycles. The highest BCUT2D eigenvalue weighted by atomic mass is 32.2. The molecule has 11 heteroatoms. The lowest BCUT2D eigenvalue weighted by Gasteiger charge is -2.23. The summed E-state index contributed by atoms with van der Waals surface area (Å²) in [4.78, 5) is 13.3. The molecule has 234 valence electrons. The summed E-state index contributed by atoms with van der Waals surface area (Å²) in [6.07, 6.45) is -0.122. The van der Waals surface area contributed by atoms with Gasteiger partial charge in [0.1, 0.15) is 29.5 Å². The molecular weight excluding hydrogens is 612 g/mol. The first-order valence-corrected chi connectivity index (χ1v) is 16.4. The summed E-state index contributed by atoms with van der Waals surface area (Å²) >= 11 is 0. The molecule has 0 saturated heterocycles. The number of alkyl halides is 1. The van der Waals surface area contributed by atoms with Crippen molar-refractivity contribution in [1.82, 2.24) is 9.88 Å². The fourth-order valence-electron chi connectivity index (χ4n) is 6.04. The molecule has 1 atom stereocenters. The van der Waals surface area contributed by atoms with Crippen LogP contribution in [0.4, 0.5) is 14.5 Å². The van der Waals surface area contributed by atoms with Crippen molar-refractivity contribution in [3.05, 3.63) is 96.3 Å². The molecule has 1 N–H and O–H groups in total. The van der Waals surface area contributed by atoms with Gasteiger partial charge in [0.2, 0.25) is 10.0 Å². The van der Waals surface area contributed by atoms with Gasteiger partial charge in [0.05, 0.1) is 29.7 Å². The third-order valence-electron chi connectivity index (χ3n) is 8.38. The molecular formula is C35H29F2N3O5S. The first kappa shape index (κ1) is 29.5. The second-order valence-corrected chi connectivity index (χ2v) is 13.3. The van der Waals surface area contributed by atoms with Crippen LogP contribution >= 0.6 is 0 Å². The predicted octanol–water partition coefficient (Wildman–Crippen LogP) is 7.01. The van der Waals surface area contributed by atoms with Crippen LogP contribution in [-0.4, -0.2) is 52.0 Å². The number of benzene rings is 4. The third kappa shape index (κ3) is 4.96. The van der Waals surface area contributed by atoms with Gasteiger partial charge in [-0.25, -0.2) is 17.2 Å². The number of aromatic nitrogens is 1. The molecule has 8 nitrogen and oxygen atoms in total. The molecule has 6 aromatic rings. The van der Waals surface area contributed by atoms with E-state index in [2.05, 4.69) is 5.32 Å². The van der Waals surface area contributed by atoms with Gasteiger partial charge in [0.25, 0.3) is 5.91 Å². The van der Waals surface area contributed by atoms with Gasteiger partial charge in [-0.1, -0.05) is 24.3 Å². The average molecular weight is 642 g/mol. The van der Waals surface area contributed by atoms with Crippen molar-refractivity contribution in [3.8, 4) is 39.5 Å². The van der Waals surface area contributed by atoms with Crippen molar-refractivity contribution < 1.29 is 31.1 Å². The van der Waals surface area contributed by atoms with Crippen LogP contribution in [0.15, 0.2) is 89.3 Å². The van der Waals surface area contributed by atoms with Gasteiger partial charge in [-0.2, -0.15) is 0 Å². The Hall–Kier alpha value is -5.16. The Labute approximate surface area is 263 Å². The quantitative estimate of drug-likeness (QED) is 0.219. The highest BCUT2D eigenvalue weighted by Crippen LogP contribution is 2.44. The molecule has 3 heterocycles. The Balaban J connectivity index is 1.50. The first-order chi connectivity index (χ1) is 22.0. The summed E-state index contributed by atoms with van der Waals surface area (Å²) in [5.41, 5.74) is 4.79. The number of para-hydroxylation sites is 1. The minimum Gasteiger partial charge on any atom is -0.490 e. The van der Waals surface area contributed by atoms with Crippen molar-refractivity contribution in [2.75, 3.05) is 31.3 Å². The monoisotopic (exact) mass is 641 g/mol. The van der Waals surface area contributed by atoms with E-state index in [4.69, 9.17) is 9.15 Å². The molecule has 0 bridgehead atoms. The van der Waals surface area contributed by atoms with Crippen molar-refractivity contribution in [2.45, 2.75) is 12.7 Å². The Morgan fingerprint density at radius 2 is 1.72 bits per heavy atom. The number of furan rings is 1. The lowest BCUT2D eigenvalue weighted by atomic mass is 9.96. The summed E-state index contributed by atoms with van der Waals surface area (Å²) < 4.78 is 69.7. The van der Waals surface area contributed by atoms with Crippen LogP contribution < -0.4 is 14.4 Å². The fourth-order valence-corrected chi connectivity index (χ4v) is 6.55. The Kier molecular flexibility index (Phi) is 7.08. The van der Waals surface area contributed by atoms with Gasteiger partial charge >= 0.3 is 0 Å². The largest absolute Gasteiger partial charge is 0.490 e. The van der Waals surface area contributed by atoms with Crippen LogP contribution in [0.1, 0.15) is 10.4 Å². The summed E-state index contributed by atoms with van der Waals surface area (Å²) in [5, 5.41) is 4.04. The van der Waals surface area contributed by atoms with Gasteiger partial charge in [-0.05, 0) is 60.2 Å². The summed E-state index contributed by atoms with van der Waals surface area (Å²) in [7, 11) is -0.794. The van der Waals surface area contributed by atoms with E-state index in [1.165, 1.54) is 38.4 Å². The standard InChI is InChI=1S/C35H29F2N3O5S/c1-38-35(41)33-27-16-25(29(39(2)46(3,42)43)17-32(27)45-34(33)20-8-11-23(36)12-9-20)21-10-13-31-26(14-21)30-15-22-6-4-5-7-28(22)40(30)18-24(37)19-44-31/h4-17,24H,18-19H2,1-3H3,(H,38,41). The number of carbonyl (C=O) groups is 1. The van der Waals surface area contributed by atoms with Gasteiger partial charge in [-0.15, -0.1) is 0 Å². The molecule has 1 amide bonds. The van der Waals surface area contributed by atoms with Gasteiger partial charge in [0.15, 0.2) is 6.17 Å². The number of ether oxygens (including phenoxy) is 1. The van der Waals surface area contributed by atoms with E-state index in [0.717, 1.165) is 27.2 Å². The number of halogens is 2. The number of hydrogen-bond acceptors (Lipinski definition) is 5. The molecule has 7 rings (SSSR count). The normalized spacial score (nSPS) is 14.7. The van der Waals surface area contributed by atoms with E-state index in [-0.39, 0.29) is 30.1 Å². The average Bonchev–Trinajstić information content (AvgIpc) is 3.59. The van der Waals surface area contributed by atoms with Crippen LogP contribution in [-0.2, 0) is 16.6 Å². The molecule has 0 saturated carbocycles. The Morgan fingerprint density at radius 1 is 0.978 bits per heavy atom. The number of nitrogens with one attached hydrogen (secondary N) is 1. The minimum absolute atomic E-state index is 0.108. The zero-order valence-corrected chi connectivity index (χ0v) is 26.0. The number of anilines is 1. The van der Waals surface area contributed by atoms with E-state index >= 15 is 0 Å². The molecule has 0 radical (unpaired) electrons. The summed E-state index contributed by atoms with van der Waals surface area (Å²) in [5.74, 6) is -0.159. The second-order valence-electron chi connectivity index (χ2n) is 11.3. The number of fused-ring (bicyclic) bond motifs is 6. The number of hydrogen-bond donors (Lipinski definition) is 1. The van der Waals surface area contributed by atoms with E-state index in [1.807, 2.05) is 41.0 Å². The highest BCUT2D eigenvalue weighted by Gasteiger charge is 2.27. The van der Waals surface area contributed by atoms with Crippen molar-refractivity contribution >= 4 is 43.5 Å². The molecule has 0 fully saturated rings. The van der Waals surface area contributed by atoms with Crippen LogP contribution in [0.5, 0.6) is 5.75 Å². The van der Waals surface area contributed by atoms with Gasteiger partial charge < -0.3 is 19.0 Å². The van der Waals surface area contributed by atoms with Crippen LogP contribution in [0.25, 0.3) is 55.6 Å². The molecule has 46 heavy (non-hydrogen) atoms. The zero-order chi connectivity index (χ0) is 32.3. The van der Waals surface area contributed by atoms with Gasteiger partial charge in [0, 0.05) is 53.1 Å². The maximum Gasteiger partial charge on any atom is 0.255 e. The molecule has 1 unspecified atom stereocenters. The number of carbonyl (C=O) groups excluding carboxylic acids is 1. The van der Waals surface area contributed by atoms with E-state index in [0.29, 0.717) is 39.1 Å². The van der Waals surface area contributed by atoms with Crippen LogP contribution in [0.3, 0.4) is 0 Å². The predicted molar refractivity (Wildman–Crippen MR) is 175 cm³/mol. The number of nitrogens with zero attached hydrogens (tertiary/aromatic N) is 2. The lowest BCUT2D eigenvalue weighted by molar-refractivity contribution is 0.0964. The van der Waals surface area contributed by atoms with Crippen LogP contribution in [0.2, 0.25) is 0 Å². The first-order valence-electron chi connectivity index (χ1n) is 14.6. The summed E-state index contributed by atoms with van der Waals surface area (Å²) in [6.45, 7) is -0.0137. The van der Waals surface area contributed by atoms with E-state index in [9.17, 15) is 22.0 Å². The third-order valence-corrected chi connectivity index (χ3v) is 9.57. The topological polar surface area (TPSA) is 93.8 Å². The SMILES string of the molecule is CNC(=O)c1c(-c2ccc(F)cc2)oc2cc(N(C)S(C)(=O)=O)c(-c3ccc4c(c3)-c3cc5ccccc5n3CC(F)CO4)cc12. The molecule has 2 aromatic heterocycles. The second kappa shape index (κ2) is 11.0. The molecule has 4 aromatic carbocycles. The maximum absolute atomic E-state index is 15.0. The van der Waals surface area contributed by atoms with E-state index in [1.54, 1.807) is 24.3 Å². The maximum atomic E-state index is 15.0. The van der Waals surface area contributed by atoms with Crippen molar-refractivity contribution in [1.29, 1.82) is 0 Å². The van der Waals surface area contributed by atoms with Crippen molar-refractivity contribution in [3.63, 3.8) is 0 Å². The number of sulfonamides is 1.